The van der Waals surface area contributed by atoms with Gasteiger partial charge in [0.1, 0.15) is 22.8 Å². The predicted molar refractivity (Wildman–Crippen MR) is 73.8 cm³/mol. The average molecular weight is 273 g/mol. The summed E-state index contributed by atoms with van der Waals surface area (Å²) in [4.78, 5) is 16.5. The number of nitrogens with zero attached hydrogens (tertiary/aromatic N) is 1. The van der Waals surface area contributed by atoms with E-state index in [9.17, 15) is 4.79 Å². The molecule has 1 aromatic heterocycles. The summed E-state index contributed by atoms with van der Waals surface area (Å²) in [5, 5.41) is 0. The van der Waals surface area contributed by atoms with E-state index in [4.69, 9.17) is 14.2 Å². The molecule has 2 aromatic rings. The monoisotopic (exact) mass is 273 g/mol. The first-order valence-corrected chi connectivity index (χ1v) is 5.96. The lowest BCUT2D eigenvalue weighted by Crippen LogP contribution is -2.07. The zero-order valence-corrected chi connectivity index (χ0v) is 11.5. The van der Waals surface area contributed by atoms with Crippen molar-refractivity contribution in [1.82, 2.24) is 4.98 Å². The van der Waals surface area contributed by atoms with Gasteiger partial charge in [-0.1, -0.05) is 0 Å². The fourth-order valence-electron chi connectivity index (χ4n) is 1.88. The summed E-state index contributed by atoms with van der Waals surface area (Å²) in [5.41, 5.74) is 0.878. The normalized spacial score (nSPS) is 9.95. The van der Waals surface area contributed by atoms with Gasteiger partial charge in [0.25, 0.3) is 0 Å². The Bertz CT molecular complexity index is 586. The topological polar surface area (TPSA) is 57.7 Å². The summed E-state index contributed by atoms with van der Waals surface area (Å²) in [6, 6.07) is 6.59. The van der Waals surface area contributed by atoms with Crippen molar-refractivity contribution in [3.63, 3.8) is 0 Å². The standard InChI is InChI=1S/C15H15NO4/c1-18-11-8-12(19-2)14(13(9-11)20-3)15(17)10-4-6-16-7-5-10/h4-9H,1-3H3. The van der Waals surface area contributed by atoms with E-state index in [1.54, 1.807) is 43.8 Å². The van der Waals surface area contributed by atoms with Crippen LogP contribution in [0.3, 0.4) is 0 Å². The predicted octanol–water partition coefficient (Wildman–Crippen LogP) is 2.34. The van der Waals surface area contributed by atoms with E-state index in [1.165, 1.54) is 14.2 Å². The van der Waals surface area contributed by atoms with Crippen LogP contribution < -0.4 is 14.2 Å². The van der Waals surface area contributed by atoms with Gasteiger partial charge in [0.2, 0.25) is 5.78 Å². The van der Waals surface area contributed by atoms with E-state index in [2.05, 4.69) is 4.98 Å². The summed E-state index contributed by atoms with van der Waals surface area (Å²) in [7, 11) is 4.54. The maximum atomic E-state index is 12.6. The number of hydrogen-bond acceptors (Lipinski definition) is 5. The number of ether oxygens (including phenoxy) is 3. The molecule has 1 heterocycles. The Kier molecular flexibility index (Phi) is 4.20. The molecule has 20 heavy (non-hydrogen) atoms. The van der Waals surface area contributed by atoms with Gasteiger partial charge in [0.15, 0.2) is 0 Å². The highest BCUT2D eigenvalue weighted by atomic mass is 16.5. The summed E-state index contributed by atoms with van der Waals surface area (Å²) in [5.74, 6) is 1.18. The minimum Gasteiger partial charge on any atom is -0.496 e. The molecule has 0 radical (unpaired) electrons. The van der Waals surface area contributed by atoms with Gasteiger partial charge in [-0.2, -0.15) is 0 Å². The molecule has 2 rings (SSSR count). The molecule has 0 fully saturated rings. The Morgan fingerprint density at radius 1 is 0.950 bits per heavy atom. The van der Waals surface area contributed by atoms with Gasteiger partial charge in [0, 0.05) is 30.1 Å². The lowest BCUT2D eigenvalue weighted by atomic mass is 10.0. The van der Waals surface area contributed by atoms with Crippen molar-refractivity contribution in [2.24, 2.45) is 0 Å². The number of rotatable bonds is 5. The number of carbonyl (C=O) groups excluding carboxylic acids is 1. The number of carbonyl (C=O) groups is 1. The Morgan fingerprint density at radius 3 is 1.95 bits per heavy atom. The zero-order valence-electron chi connectivity index (χ0n) is 11.5. The molecule has 5 heteroatoms. The van der Waals surface area contributed by atoms with Gasteiger partial charge in [0.05, 0.1) is 21.3 Å². The first kappa shape index (κ1) is 13.9. The second-order valence-electron chi connectivity index (χ2n) is 3.97. The molecule has 0 amide bonds. The van der Waals surface area contributed by atoms with E-state index < -0.39 is 0 Å². The second-order valence-corrected chi connectivity index (χ2v) is 3.97. The van der Waals surface area contributed by atoms with E-state index in [1.807, 2.05) is 0 Å². The minimum absolute atomic E-state index is 0.191. The molecule has 0 saturated heterocycles. The van der Waals surface area contributed by atoms with Crippen LogP contribution in [0.5, 0.6) is 17.2 Å². The molecule has 0 aliphatic rings. The van der Waals surface area contributed by atoms with Gasteiger partial charge in [-0.3, -0.25) is 9.78 Å². The quantitative estimate of drug-likeness (QED) is 0.783. The Balaban J connectivity index is 2.57. The molecular weight excluding hydrogens is 258 g/mol. The molecule has 104 valence electrons. The molecular formula is C15H15NO4. The van der Waals surface area contributed by atoms with Crippen molar-refractivity contribution in [1.29, 1.82) is 0 Å². The molecule has 0 bridgehead atoms. The van der Waals surface area contributed by atoms with Crippen LogP contribution in [-0.4, -0.2) is 32.1 Å². The SMILES string of the molecule is COc1cc(OC)c(C(=O)c2ccncc2)c(OC)c1. The van der Waals surface area contributed by atoms with Crippen LogP contribution in [0.25, 0.3) is 0 Å². The highest BCUT2D eigenvalue weighted by Gasteiger charge is 2.21. The van der Waals surface area contributed by atoms with Gasteiger partial charge < -0.3 is 14.2 Å². The smallest absolute Gasteiger partial charge is 0.200 e. The molecule has 5 nitrogen and oxygen atoms in total. The number of benzene rings is 1. The number of pyridine rings is 1. The summed E-state index contributed by atoms with van der Waals surface area (Å²) in [6.45, 7) is 0. The Labute approximate surface area is 117 Å². The lowest BCUT2D eigenvalue weighted by Gasteiger charge is -2.14. The molecule has 0 spiro atoms. The Hall–Kier alpha value is -2.56. The van der Waals surface area contributed by atoms with Crippen molar-refractivity contribution in [2.75, 3.05) is 21.3 Å². The van der Waals surface area contributed by atoms with Gasteiger partial charge in [-0.25, -0.2) is 0 Å². The summed E-state index contributed by atoms with van der Waals surface area (Å²) < 4.78 is 15.7. The van der Waals surface area contributed by atoms with Crippen LogP contribution in [0.4, 0.5) is 0 Å². The molecule has 0 saturated carbocycles. The molecule has 0 unspecified atom stereocenters. The van der Waals surface area contributed by atoms with Gasteiger partial charge in [-0.15, -0.1) is 0 Å². The second kappa shape index (κ2) is 6.06. The van der Waals surface area contributed by atoms with Crippen LogP contribution in [0.15, 0.2) is 36.7 Å². The van der Waals surface area contributed by atoms with Crippen molar-refractivity contribution < 1.29 is 19.0 Å². The van der Waals surface area contributed by atoms with Crippen LogP contribution in [0.1, 0.15) is 15.9 Å². The van der Waals surface area contributed by atoms with Crippen LogP contribution in [0, 0.1) is 0 Å². The average Bonchev–Trinajstić information content (AvgIpc) is 2.53. The highest BCUT2D eigenvalue weighted by Crippen LogP contribution is 2.35. The van der Waals surface area contributed by atoms with Gasteiger partial charge >= 0.3 is 0 Å². The number of ketones is 1. The third kappa shape index (κ3) is 2.56. The maximum absolute atomic E-state index is 12.6. The largest absolute Gasteiger partial charge is 0.496 e. The van der Waals surface area contributed by atoms with Crippen LogP contribution in [-0.2, 0) is 0 Å². The fourth-order valence-corrected chi connectivity index (χ4v) is 1.88. The van der Waals surface area contributed by atoms with E-state index in [-0.39, 0.29) is 5.78 Å². The first-order chi connectivity index (χ1) is 9.71. The van der Waals surface area contributed by atoms with Crippen molar-refractivity contribution >= 4 is 5.78 Å². The number of aromatic nitrogens is 1. The lowest BCUT2D eigenvalue weighted by molar-refractivity contribution is 0.103. The van der Waals surface area contributed by atoms with Crippen molar-refractivity contribution in [2.45, 2.75) is 0 Å². The molecule has 0 aliphatic heterocycles. The van der Waals surface area contributed by atoms with Crippen molar-refractivity contribution in [3.05, 3.63) is 47.8 Å². The zero-order chi connectivity index (χ0) is 14.5. The van der Waals surface area contributed by atoms with E-state index in [0.717, 1.165) is 0 Å². The highest BCUT2D eigenvalue weighted by molar-refractivity contribution is 6.12. The van der Waals surface area contributed by atoms with Crippen molar-refractivity contribution in [3.8, 4) is 17.2 Å². The van der Waals surface area contributed by atoms with E-state index >= 15 is 0 Å². The molecule has 1 aromatic carbocycles. The summed E-state index contributed by atoms with van der Waals surface area (Å²) >= 11 is 0. The van der Waals surface area contributed by atoms with Crippen LogP contribution in [0.2, 0.25) is 0 Å². The number of methoxy groups -OCH3 is 3. The molecule has 0 N–H and O–H groups in total. The molecule has 0 aliphatic carbocycles. The van der Waals surface area contributed by atoms with E-state index in [0.29, 0.717) is 28.4 Å². The third-order valence-electron chi connectivity index (χ3n) is 2.88. The summed E-state index contributed by atoms with van der Waals surface area (Å²) in [6.07, 6.45) is 3.13. The number of hydrogen-bond donors (Lipinski definition) is 0. The maximum Gasteiger partial charge on any atom is 0.200 e. The Morgan fingerprint density at radius 2 is 1.50 bits per heavy atom. The first-order valence-electron chi connectivity index (χ1n) is 5.96. The third-order valence-corrected chi connectivity index (χ3v) is 2.88. The van der Waals surface area contributed by atoms with Gasteiger partial charge in [-0.05, 0) is 12.1 Å². The fraction of sp³-hybridized carbons (Fsp3) is 0.200. The minimum atomic E-state index is -0.191. The van der Waals surface area contributed by atoms with Crippen LogP contribution >= 0.6 is 0 Å². The molecule has 0 atom stereocenters.